The van der Waals surface area contributed by atoms with Crippen LogP contribution in [0.2, 0.25) is 0 Å². The van der Waals surface area contributed by atoms with Gasteiger partial charge in [0.05, 0.1) is 0 Å². The fourth-order valence-corrected chi connectivity index (χ4v) is 5.52. The second-order valence-corrected chi connectivity index (χ2v) is 12.7. The fraction of sp³-hybridized carbons (Fsp3) is 0.261. The van der Waals surface area contributed by atoms with Crippen molar-refractivity contribution in [1.29, 1.82) is 0 Å². The van der Waals surface area contributed by atoms with E-state index in [9.17, 15) is 0 Å². The van der Waals surface area contributed by atoms with E-state index in [1.54, 1.807) is 6.20 Å². The van der Waals surface area contributed by atoms with E-state index in [1.807, 2.05) is 34.9 Å². The third-order valence-electron chi connectivity index (χ3n) is 4.73. The van der Waals surface area contributed by atoms with Crippen molar-refractivity contribution >= 4 is 40.6 Å². The molecular formula is C23H25Cl2N2Ru-. The zero-order valence-electron chi connectivity index (χ0n) is 16.4. The third kappa shape index (κ3) is 5.41. The number of nitrogens with zero attached hydrogens (tertiary/aromatic N) is 2. The first-order valence-corrected chi connectivity index (χ1v) is 14.8. The van der Waals surface area contributed by atoms with Crippen molar-refractivity contribution in [2.24, 2.45) is 0 Å². The van der Waals surface area contributed by atoms with E-state index in [-0.39, 0.29) is 0 Å². The molecule has 0 atom stereocenters. The van der Waals surface area contributed by atoms with Crippen LogP contribution in [-0.4, -0.2) is 16.1 Å². The van der Waals surface area contributed by atoms with Crippen LogP contribution in [-0.2, 0) is 13.5 Å². The molecule has 0 spiro atoms. The van der Waals surface area contributed by atoms with Gasteiger partial charge in [-0.3, -0.25) is 0 Å². The van der Waals surface area contributed by atoms with E-state index in [1.165, 1.54) is 41.8 Å². The molecule has 0 N–H and O–H groups in total. The molecular weight excluding hydrogens is 476 g/mol. The van der Waals surface area contributed by atoms with Crippen LogP contribution in [0.25, 0.3) is 10.9 Å². The summed E-state index contributed by atoms with van der Waals surface area (Å²) < 4.78 is 1.92. The van der Waals surface area contributed by atoms with Crippen molar-refractivity contribution in [2.45, 2.75) is 33.6 Å². The maximum atomic E-state index is 5.84. The van der Waals surface area contributed by atoms with Crippen LogP contribution in [0.4, 0.5) is 5.69 Å². The summed E-state index contributed by atoms with van der Waals surface area (Å²) in [6.07, 6.45) is 4.30. The fourth-order valence-electron chi connectivity index (χ4n) is 3.72. The molecule has 1 aliphatic heterocycles. The first-order chi connectivity index (χ1) is 13.5. The summed E-state index contributed by atoms with van der Waals surface area (Å²) in [6.45, 7) is 10.1. The number of rotatable bonds is 2. The van der Waals surface area contributed by atoms with Crippen LogP contribution in [0.15, 0.2) is 48.7 Å². The van der Waals surface area contributed by atoms with Crippen LogP contribution < -0.4 is 4.90 Å². The number of anilines is 1. The van der Waals surface area contributed by atoms with Crippen molar-refractivity contribution in [3.63, 3.8) is 0 Å². The van der Waals surface area contributed by atoms with Gasteiger partial charge >= 0.3 is 95.5 Å². The van der Waals surface area contributed by atoms with E-state index in [0.29, 0.717) is 0 Å². The van der Waals surface area contributed by atoms with Crippen LogP contribution in [0.5, 0.6) is 0 Å². The van der Waals surface area contributed by atoms with Crippen molar-refractivity contribution < 1.29 is 13.5 Å². The minimum absolute atomic E-state index is 0.968. The Labute approximate surface area is 181 Å². The predicted octanol–water partition coefficient (Wildman–Crippen LogP) is 6.68. The SMILES string of the molecule is Cc1cc(C)c(N2[CH-]CCC2)c(C)c1.[Cl][Ru]([Cl])=[CH]c1cccc2cccnc12. The van der Waals surface area contributed by atoms with Crippen molar-refractivity contribution in [3.8, 4) is 0 Å². The van der Waals surface area contributed by atoms with Crippen molar-refractivity contribution in [3.05, 3.63) is 77.5 Å². The molecule has 4 rings (SSSR count). The first-order valence-electron chi connectivity index (χ1n) is 9.30. The molecule has 2 heterocycles. The van der Waals surface area contributed by atoms with Gasteiger partial charge in [0.25, 0.3) is 0 Å². The van der Waals surface area contributed by atoms with Gasteiger partial charge in [-0.05, 0) is 38.4 Å². The second-order valence-electron chi connectivity index (χ2n) is 6.99. The van der Waals surface area contributed by atoms with Gasteiger partial charge < -0.3 is 4.90 Å². The van der Waals surface area contributed by atoms with Crippen LogP contribution in [0, 0.1) is 27.3 Å². The molecule has 0 aliphatic carbocycles. The molecule has 5 heteroatoms. The summed E-state index contributed by atoms with van der Waals surface area (Å²) in [5, 5.41) is 1.12. The molecule has 28 heavy (non-hydrogen) atoms. The molecule has 0 radical (unpaired) electrons. The molecule has 1 saturated heterocycles. The van der Waals surface area contributed by atoms with Gasteiger partial charge in [0.2, 0.25) is 0 Å². The number of aromatic nitrogens is 1. The number of aryl methyl sites for hydroxylation is 3. The van der Waals surface area contributed by atoms with E-state index < -0.39 is 13.5 Å². The number of benzene rings is 2. The third-order valence-corrected chi connectivity index (χ3v) is 6.56. The normalized spacial score (nSPS) is 13.9. The van der Waals surface area contributed by atoms with Gasteiger partial charge in [0.1, 0.15) is 0 Å². The Morgan fingerprint density at radius 3 is 2.43 bits per heavy atom. The second kappa shape index (κ2) is 9.96. The van der Waals surface area contributed by atoms with E-state index in [0.717, 1.165) is 16.5 Å². The van der Waals surface area contributed by atoms with E-state index in [4.69, 9.17) is 19.4 Å². The van der Waals surface area contributed by atoms with Crippen molar-refractivity contribution in [1.82, 2.24) is 4.98 Å². The molecule has 0 amide bonds. The Morgan fingerprint density at radius 2 is 1.79 bits per heavy atom. The van der Waals surface area contributed by atoms with Crippen LogP contribution in [0.3, 0.4) is 0 Å². The predicted molar refractivity (Wildman–Crippen MR) is 120 cm³/mol. The van der Waals surface area contributed by atoms with Crippen molar-refractivity contribution in [2.75, 3.05) is 11.4 Å². The molecule has 1 fully saturated rings. The van der Waals surface area contributed by atoms with Crippen LogP contribution in [0.1, 0.15) is 35.1 Å². The zero-order valence-corrected chi connectivity index (χ0v) is 19.6. The van der Waals surface area contributed by atoms with Gasteiger partial charge in [-0.25, -0.2) is 6.54 Å². The molecule has 2 nitrogen and oxygen atoms in total. The average molecular weight is 501 g/mol. The molecule has 2 aromatic carbocycles. The number of halogens is 2. The summed E-state index contributed by atoms with van der Waals surface area (Å²) in [7, 11) is 11.7. The number of hydrogen-bond donors (Lipinski definition) is 0. The Kier molecular flexibility index (Phi) is 7.63. The number of para-hydroxylation sites is 1. The zero-order chi connectivity index (χ0) is 20.1. The molecule has 1 aliphatic rings. The summed E-state index contributed by atoms with van der Waals surface area (Å²) in [4.78, 5) is 6.72. The van der Waals surface area contributed by atoms with Gasteiger partial charge in [0.15, 0.2) is 0 Å². The van der Waals surface area contributed by atoms with Crippen LogP contribution >= 0.6 is 19.4 Å². The number of fused-ring (bicyclic) bond motifs is 1. The van der Waals surface area contributed by atoms with Gasteiger partial charge in [0, 0.05) is 5.69 Å². The van der Waals surface area contributed by atoms with E-state index >= 15 is 0 Å². The summed E-state index contributed by atoms with van der Waals surface area (Å²) in [6, 6.07) is 14.5. The summed E-state index contributed by atoms with van der Waals surface area (Å²) in [5.41, 5.74) is 7.60. The average Bonchev–Trinajstić information content (AvgIpc) is 3.15. The standard InChI is InChI=1S/C13H18N.C10H7N.2ClH.Ru/c1-10-8-11(2)13(12(3)9-10)14-6-4-5-7-14;1-8-4-2-5-9-6-3-7-11-10(8)9;;;/h6,8-9H,4-5,7H2,1-3H3;1-7H;2*1H;/q-1;;;;+2/p-2. The number of pyridine rings is 1. The van der Waals surface area contributed by atoms with Gasteiger partial charge in [-0.15, -0.1) is 0 Å². The maximum absolute atomic E-state index is 5.84. The topological polar surface area (TPSA) is 16.1 Å². The first kappa shape index (κ1) is 21.4. The molecule has 1 aromatic heterocycles. The quantitative estimate of drug-likeness (QED) is 0.288. The monoisotopic (exact) mass is 501 g/mol. The Morgan fingerprint density at radius 1 is 1.07 bits per heavy atom. The summed E-state index contributed by atoms with van der Waals surface area (Å²) >= 11 is -1.76. The molecule has 3 aromatic rings. The Bertz CT molecular complexity index is 963. The minimum atomic E-state index is -1.76. The molecule has 0 unspecified atom stereocenters. The van der Waals surface area contributed by atoms with Gasteiger partial charge in [-0.1, -0.05) is 24.1 Å². The molecule has 0 saturated carbocycles. The Balaban J connectivity index is 0.000000161. The molecule has 150 valence electrons. The number of hydrogen-bond acceptors (Lipinski definition) is 2. The van der Waals surface area contributed by atoms with E-state index in [2.05, 4.69) is 49.3 Å². The van der Waals surface area contributed by atoms with Gasteiger partial charge in [-0.2, -0.15) is 6.42 Å². The summed E-state index contributed by atoms with van der Waals surface area (Å²) in [5.74, 6) is 0. The molecule has 0 bridgehead atoms. The Hall–Kier alpha value is -1.28.